The average Bonchev–Trinajstić information content (AvgIpc) is 2.74. The van der Waals surface area contributed by atoms with Crippen LogP contribution in [0.15, 0.2) is 18.2 Å². The fourth-order valence-electron chi connectivity index (χ4n) is 3.07. The number of rotatable bonds is 4. The molecule has 0 spiro atoms. The molecule has 0 aliphatic heterocycles. The van der Waals surface area contributed by atoms with Crippen molar-refractivity contribution in [3.05, 3.63) is 29.3 Å². The van der Waals surface area contributed by atoms with Crippen molar-refractivity contribution in [1.82, 2.24) is 0 Å². The van der Waals surface area contributed by atoms with Crippen molar-refractivity contribution in [2.45, 2.75) is 51.5 Å². The third-order valence-electron chi connectivity index (χ3n) is 4.31. The Morgan fingerprint density at radius 3 is 2.50 bits per heavy atom. The first-order valence-corrected chi connectivity index (χ1v) is 7.07. The molecule has 2 rings (SSSR count). The summed E-state index contributed by atoms with van der Waals surface area (Å²) in [6.45, 7) is 5.39. The summed E-state index contributed by atoms with van der Waals surface area (Å²) in [6, 6.07) is 6.66. The first kappa shape index (κ1) is 13.4. The zero-order chi connectivity index (χ0) is 13.2. The van der Waals surface area contributed by atoms with Gasteiger partial charge in [-0.3, -0.25) is 0 Å². The van der Waals surface area contributed by atoms with E-state index in [1.54, 1.807) is 0 Å². The molecule has 18 heavy (non-hydrogen) atoms. The fourth-order valence-corrected chi connectivity index (χ4v) is 3.07. The normalized spacial score (nSPS) is 18.0. The summed E-state index contributed by atoms with van der Waals surface area (Å²) in [5, 5.41) is 0. The van der Waals surface area contributed by atoms with E-state index in [1.165, 1.54) is 42.5 Å². The number of hydrogen-bond donors (Lipinski definition) is 1. The van der Waals surface area contributed by atoms with Gasteiger partial charge in [-0.1, -0.05) is 30.5 Å². The summed E-state index contributed by atoms with van der Waals surface area (Å²) in [7, 11) is 2.18. The predicted octanol–water partition coefficient (Wildman–Crippen LogP) is 3.40. The molecule has 1 aromatic carbocycles. The van der Waals surface area contributed by atoms with E-state index in [1.807, 2.05) is 0 Å². The first-order valence-electron chi connectivity index (χ1n) is 7.07. The van der Waals surface area contributed by atoms with Gasteiger partial charge < -0.3 is 10.6 Å². The minimum Gasteiger partial charge on any atom is -0.374 e. The molecule has 0 radical (unpaired) electrons. The third kappa shape index (κ3) is 3.05. The molecule has 0 bridgehead atoms. The van der Waals surface area contributed by atoms with E-state index in [9.17, 15) is 0 Å². The van der Waals surface area contributed by atoms with Crippen LogP contribution in [-0.4, -0.2) is 19.1 Å². The van der Waals surface area contributed by atoms with Crippen LogP contribution >= 0.6 is 0 Å². The quantitative estimate of drug-likeness (QED) is 0.882. The second-order valence-corrected chi connectivity index (χ2v) is 6.03. The summed E-state index contributed by atoms with van der Waals surface area (Å²) in [6.07, 6.45) is 6.13. The van der Waals surface area contributed by atoms with Crippen LogP contribution in [0.5, 0.6) is 0 Å². The van der Waals surface area contributed by atoms with E-state index >= 15 is 0 Å². The molecule has 1 aliphatic carbocycles. The number of nitrogens with two attached hydrogens (primary N) is 1. The van der Waals surface area contributed by atoms with Gasteiger partial charge in [-0.15, -0.1) is 0 Å². The highest BCUT2D eigenvalue weighted by Gasteiger charge is 2.29. The lowest BCUT2D eigenvalue weighted by atomic mass is 9.94. The van der Waals surface area contributed by atoms with Gasteiger partial charge in [0.25, 0.3) is 0 Å². The van der Waals surface area contributed by atoms with Gasteiger partial charge in [-0.2, -0.15) is 0 Å². The zero-order valence-electron chi connectivity index (χ0n) is 12.0. The topological polar surface area (TPSA) is 29.3 Å². The molecule has 2 heteroatoms. The number of hydrogen-bond acceptors (Lipinski definition) is 2. The lowest BCUT2D eigenvalue weighted by Crippen LogP contribution is -2.40. The average molecular weight is 246 g/mol. The molecule has 2 nitrogen and oxygen atoms in total. The summed E-state index contributed by atoms with van der Waals surface area (Å²) in [5.41, 5.74) is 10.5. The Morgan fingerprint density at radius 2 is 1.89 bits per heavy atom. The van der Waals surface area contributed by atoms with Crippen LogP contribution in [-0.2, 0) is 0 Å². The monoisotopic (exact) mass is 246 g/mol. The SMILES string of the molecule is Cc1ccc(N(C)CCC2(N)CCCC2)c(C)c1. The second kappa shape index (κ2) is 5.31. The van der Waals surface area contributed by atoms with Crippen molar-refractivity contribution >= 4 is 5.69 Å². The maximum Gasteiger partial charge on any atom is 0.0393 e. The smallest absolute Gasteiger partial charge is 0.0393 e. The van der Waals surface area contributed by atoms with E-state index in [0.717, 1.165) is 13.0 Å². The number of aryl methyl sites for hydroxylation is 2. The van der Waals surface area contributed by atoms with Crippen LogP contribution in [0.2, 0.25) is 0 Å². The molecule has 1 aliphatic rings. The van der Waals surface area contributed by atoms with Crippen LogP contribution in [0.25, 0.3) is 0 Å². The van der Waals surface area contributed by atoms with E-state index < -0.39 is 0 Å². The summed E-state index contributed by atoms with van der Waals surface area (Å²) < 4.78 is 0. The van der Waals surface area contributed by atoms with E-state index in [4.69, 9.17) is 5.73 Å². The molecular weight excluding hydrogens is 220 g/mol. The third-order valence-corrected chi connectivity index (χ3v) is 4.31. The molecule has 0 atom stereocenters. The Bertz CT molecular complexity index is 406. The van der Waals surface area contributed by atoms with Gasteiger partial charge in [0, 0.05) is 24.8 Å². The predicted molar refractivity (Wildman–Crippen MR) is 79.2 cm³/mol. The Morgan fingerprint density at radius 1 is 1.22 bits per heavy atom. The highest BCUT2D eigenvalue weighted by Crippen LogP contribution is 2.31. The standard InChI is InChI=1S/C16H26N2/c1-13-6-7-15(14(2)12-13)18(3)11-10-16(17)8-4-5-9-16/h6-7,12H,4-5,8-11,17H2,1-3H3. The molecule has 0 heterocycles. The fraction of sp³-hybridized carbons (Fsp3) is 0.625. The van der Waals surface area contributed by atoms with Crippen molar-refractivity contribution in [1.29, 1.82) is 0 Å². The van der Waals surface area contributed by atoms with Crippen molar-refractivity contribution < 1.29 is 0 Å². The molecular formula is C16H26N2. The van der Waals surface area contributed by atoms with E-state index in [-0.39, 0.29) is 5.54 Å². The summed E-state index contributed by atoms with van der Waals surface area (Å²) in [5.74, 6) is 0. The number of anilines is 1. The van der Waals surface area contributed by atoms with Gasteiger partial charge in [0.2, 0.25) is 0 Å². The van der Waals surface area contributed by atoms with Gasteiger partial charge in [0.05, 0.1) is 0 Å². The van der Waals surface area contributed by atoms with Crippen molar-refractivity contribution in [2.75, 3.05) is 18.5 Å². The minimum absolute atomic E-state index is 0.104. The molecule has 1 aromatic rings. The summed E-state index contributed by atoms with van der Waals surface area (Å²) in [4.78, 5) is 2.35. The van der Waals surface area contributed by atoms with Gasteiger partial charge >= 0.3 is 0 Å². The van der Waals surface area contributed by atoms with Gasteiger partial charge in [-0.25, -0.2) is 0 Å². The van der Waals surface area contributed by atoms with Crippen LogP contribution < -0.4 is 10.6 Å². The van der Waals surface area contributed by atoms with Crippen LogP contribution in [0, 0.1) is 13.8 Å². The van der Waals surface area contributed by atoms with Crippen LogP contribution in [0.3, 0.4) is 0 Å². The number of nitrogens with zero attached hydrogens (tertiary/aromatic N) is 1. The van der Waals surface area contributed by atoms with E-state index in [2.05, 4.69) is 44.0 Å². The van der Waals surface area contributed by atoms with Crippen LogP contribution in [0.1, 0.15) is 43.2 Å². The Labute approximate surface area is 111 Å². The number of benzene rings is 1. The minimum atomic E-state index is 0.104. The Balaban J connectivity index is 1.97. The highest BCUT2D eigenvalue weighted by atomic mass is 15.1. The van der Waals surface area contributed by atoms with Gasteiger partial charge in [-0.05, 0) is 44.7 Å². The van der Waals surface area contributed by atoms with Crippen molar-refractivity contribution in [3.8, 4) is 0 Å². The van der Waals surface area contributed by atoms with Crippen molar-refractivity contribution in [3.63, 3.8) is 0 Å². The van der Waals surface area contributed by atoms with Gasteiger partial charge in [0.1, 0.15) is 0 Å². The molecule has 0 saturated heterocycles. The molecule has 100 valence electrons. The lowest BCUT2D eigenvalue weighted by molar-refractivity contribution is 0.408. The van der Waals surface area contributed by atoms with Crippen molar-refractivity contribution in [2.24, 2.45) is 5.73 Å². The largest absolute Gasteiger partial charge is 0.374 e. The molecule has 0 unspecified atom stereocenters. The molecule has 0 aromatic heterocycles. The van der Waals surface area contributed by atoms with Gasteiger partial charge in [0.15, 0.2) is 0 Å². The zero-order valence-corrected chi connectivity index (χ0v) is 12.0. The second-order valence-electron chi connectivity index (χ2n) is 6.03. The maximum atomic E-state index is 6.42. The highest BCUT2D eigenvalue weighted by molar-refractivity contribution is 5.53. The van der Waals surface area contributed by atoms with Crippen LogP contribution in [0.4, 0.5) is 5.69 Å². The molecule has 1 fully saturated rings. The van der Waals surface area contributed by atoms with E-state index in [0.29, 0.717) is 0 Å². The molecule has 1 saturated carbocycles. The summed E-state index contributed by atoms with van der Waals surface area (Å²) >= 11 is 0. The first-order chi connectivity index (χ1) is 8.50. The molecule has 0 amide bonds. The Kier molecular flexibility index (Phi) is 3.96. The molecule has 2 N–H and O–H groups in total. The Hall–Kier alpha value is -1.02. The maximum absolute atomic E-state index is 6.42. The lowest BCUT2D eigenvalue weighted by Gasteiger charge is -2.28.